The van der Waals surface area contributed by atoms with E-state index in [1.165, 1.54) is 0 Å². The lowest BCUT2D eigenvalue weighted by Gasteiger charge is -2.23. The summed E-state index contributed by atoms with van der Waals surface area (Å²) in [6.07, 6.45) is 1.93. The second-order valence-corrected chi connectivity index (χ2v) is 5.75. The van der Waals surface area contributed by atoms with Crippen LogP contribution in [0.3, 0.4) is 0 Å². The van der Waals surface area contributed by atoms with Crippen molar-refractivity contribution in [2.75, 3.05) is 0 Å². The SMILES string of the molecule is CCCC(C)(C)OS(=O)c1ccc(C)cc1. The van der Waals surface area contributed by atoms with E-state index >= 15 is 0 Å². The third-order valence-corrected chi connectivity index (χ3v) is 3.63. The molecule has 0 aromatic heterocycles. The maximum Gasteiger partial charge on any atom is 0.189 e. The molecule has 1 aromatic carbocycles. The fourth-order valence-electron chi connectivity index (χ4n) is 1.55. The van der Waals surface area contributed by atoms with Crippen LogP contribution in [-0.2, 0) is 15.3 Å². The second-order valence-electron chi connectivity index (χ2n) is 4.64. The Labute approximate surface area is 101 Å². The molecule has 0 aliphatic carbocycles. The van der Waals surface area contributed by atoms with Crippen LogP contribution in [0.15, 0.2) is 29.2 Å². The molecule has 0 fully saturated rings. The molecule has 2 nitrogen and oxygen atoms in total. The molecule has 0 aliphatic rings. The molecule has 0 aliphatic heterocycles. The molecule has 0 spiro atoms. The summed E-state index contributed by atoms with van der Waals surface area (Å²) in [5.74, 6) is 0. The number of hydrogen-bond acceptors (Lipinski definition) is 2. The molecule has 1 aromatic rings. The van der Waals surface area contributed by atoms with Gasteiger partial charge in [0.05, 0.1) is 10.5 Å². The van der Waals surface area contributed by atoms with Gasteiger partial charge in [0.1, 0.15) is 0 Å². The minimum absolute atomic E-state index is 0.329. The summed E-state index contributed by atoms with van der Waals surface area (Å²) >= 11 is -1.36. The van der Waals surface area contributed by atoms with Gasteiger partial charge < -0.3 is 0 Å². The highest BCUT2D eigenvalue weighted by atomic mass is 32.2. The molecule has 0 saturated heterocycles. The molecule has 0 bridgehead atoms. The summed E-state index contributed by atoms with van der Waals surface area (Å²) in [5, 5.41) is 0. The van der Waals surface area contributed by atoms with E-state index in [1.807, 2.05) is 45.0 Å². The molecule has 16 heavy (non-hydrogen) atoms. The minimum Gasteiger partial charge on any atom is -0.281 e. The zero-order chi connectivity index (χ0) is 12.2. The monoisotopic (exact) mass is 240 g/mol. The van der Waals surface area contributed by atoms with Crippen molar-refractivity contribution in [2.24, 2.45) is 0 Å². The second kappa shape index (κ2) is 5.60. The fourth-order valence-corrected chi connectivity index (χ4v) is 2.49. The van der Waals surface area contributed by atoms with Gasteiger partial charge >= 0.3 is 0 Å². The van der Waals surface area contributed by atoms with Gasteiger partial charge in [-0.15, -0.1) is 0 Å². The van der Waals surface area contributed by atoms with E-state index in [2.05, 4.69) is 6.92 Å². The standard InChI is InChI=1S/C13H20O2S/c1-5-10-13(3,4)15-16(14)12-8-6-11(2)7-9-12/h6-9H,5,10H2,1-4H3. The molecular formula is C13H20O2S. The van der Waals surface area contributed by atoms with Crippen LogP contribution < -0.4 is 0 Å². The van der Waals surface area contributed by atoms with Crippen molar-refractivity contribution in [3.05, 3.63) is 29.8 Å². The summed E-state index contributed by atoms with van der Waals surface area (Å²) in [6.45, 7) is 8.06. The highest BCUT2D eigenvalue weighted by Gasteiger charge is 2.21. The summed E-state index contributed by atoms with van der Waals surface area (Å²) < 4.78 is 17.5. The van der Waals surface area contributed by atoms with Gasteiger partial charge in [0.2, 0.25) is 0 Å². The summed E-state index contributed by atoms with van der Waals surface area (Å²) in [6, 6.07) is 7.60. The van der Waals surface area contributed by atoms with Crippen LogP contribution in [0, 0.1) is 6.92 Å². The number of aryl methyl sites for hydroxylation is 1. The Morgan fingerprint density at radius 1 is 1.25 bits per heavy atom. The molecule has 0 N–H and O–H groups in total. The van der Waals surface area contributed by atoms with E-state index in [-0.39, 0.29) is 5.60 Å². The third kappa shape index (κ3) is 4.06. The molecule has 0 heterocycles. The normalized spacial score (nSPS) is 13.8. The quantitative estimate of drug-likeness (QED) is 0.786. The van der Waals surface area contributed by atoms with Crippen molar-refractivity contribution in [1.29, 1.82) is 0 Å². The van der Waals surface area contributed by atoms with Gasteiger partial charge in [-0.3, -0.25) is 4.18 Å². The molecule has 0 saturated carbocycles. The minimum atomic E-state index is -1.36. The summed E-state index contributed by atoms with van der Waals surface area (Å²) in [4.78, 5) is 0.731. The largest absolute Gasteiger partial charge is 0.281 e. The topological polar surface area (TPSA) is 26.3 Å². The summed E-state index contributed by atoms with van der Waals surface area (Å²) in [7, 11) is 0. The molecule has 1 unspecified atom stereocenters. The van der Waals surface area contributed by atoms with Crippen LogP contribution in [0.1, 0.15) is 39.2 Å². The van der Waals surface area contributed by atoms with Gasteiger partial charge in [0, 0.05) is 0 Å². The van der Waals surface area contributed by atoms with Gasteiger partial charge in [-0.25, -0.2) is 4.21 Å². The van der Waals surface area contributed by atoms with Crippen LogP contribution >= 0.6 is 0 Å². The lowest BCUT2D eigenvalue weighted by molar-refractivity contribution is 0.117. The lowest BCUT2D eigenvalue weighted by atomic mass is 10.0. The van der Waals surface area contributed by atoms with Gasteiger partial charge in [0.25, 0.3) is 0 Å². The van der Waals surface area contributed by atoms with Crippen molar-refractivity contribution in [3.63, 3.8) is 0 Å². The van der Waals surface area contributed by atoms with E-state index in [9.17, 15) is 4.21 Å². The van der Waals surface area contributed by atoms with Gasteiger partial charge in [-0.05, 0) is 39.3 Å². The summed E-state index contributed by atoms with van der Waals surface area (Å²) in [5.41, 5.74) is 0.832. The first-order valence-corrected chi connectivity index (χ1v) is 6.70. The Balaban J connectivity index is 2.69. The smallest absolute Gasteiger partial charge is 0.189 e. The van der Waals surface area contributed by atoms with Crippen LogP contribution in [0.5, 0.6) is 0 Å². The Morgan fingerprint density at radius 2 is 1.81 bits per heavy atom. The van der Waals surface area contributed by atoms with E-state index in [1.54, 1.807) is 0 Å². The van der Waals surface area contributed by atoms with Crippen molar-refractivity contribution < 1.29 is 8.39 Å². The zero-order valence-electron chi connectivity index (χ0n) is 10.4. The molecular weight excluding hydrogens is 220 g/mol. The Bertz CT molecular complexity index is 355. The van der Waals surface area contributed by atoms with Crippen molar-refractivity contribution in [1.82, 2.24) is 0 Å². The predicted octanol–water partition coefficient (Wildman–Crippen LogP) is 3.61. The molecule has 90 valence electrons. The fraction of sp³-hybridized carbons (Fsp3) is 0.538. The maximum atomic E-state index is 11.9. The van der Waals surface area contributed by atoms with Crippen molar-refractivity contribution in [3.8, 4) is 0 Å². The highest BCUT2D eigenvalue weighted by molar-refractivity contribution is 7.80. The Morgan fingerprint density at radius 3 is 2.31 bits per heavy atom. The zero-order valence-corrected chi connectivity index (χ0v) is 11.3. The van der Waals surface area contributed by atoms with Gasteiger partial charge in [-0.1, -0.05) is 31.0 Å². The van der Waals surface area contributed by atoms with Crippen LogP contribution in [-0.4, -0.2) is 9.81 Å². The van der Waals surface area contributed by atoms with E-state index in [4.69, 9.17) is 4.18 Å². The van der Waals surface area contributed by atoms with E-state index in [0.717, 1.165) is 23.3 Å². The first kappa shape index (κ1) is 13.4. The molecule has 0 radical (unpaired) electrons. The molecule has 1 rings (SSSR count). The van der Waals surface area contributed by atoms with Crippen molar-refractivity contribution in [2.45, 2.75) is 51.0 Å². The molecule has 3 heteroatoms. The van der Waals surface area contributed by atoms with Crippen LogP contribution in [0.4, 0.5) is 0 Å². The van der Waals surface area contributed by atoms with Gasteiger partial charge in [-0.2, -0.15) is 0 Å². The third-order valence-electron chi connectivity index (χ3n) is 2.37. The Kier molecular flexibility index (Phi) is 4.69. The average molecular weight is 240 g/mol. The predicted molar refractivity (Wildman–Crippen MR) is 67.7 cm³/mol. The van der Waals surface area contributed by atoms with Gasteiger partial charge in [0.15, 0.2) is 11.1 Å². The average Bonchev–Trinajstić information content (AvgIpc) is 2.17. The molecule has 1 atom stereocenters. The number of hydrogen-bond donors (Lipinski definition) is 0. The Hall–Kier alpha value is -0.670. The van der Waals surface area contributed by atoms with Crippen LogP contribution in [0.2, 0.25) is 0 Å². The maximum absolute atomic E-state index is 11.9. The lowest BCUT2D eigenvalue weighted by Crippen LogP contribution is -2.25. The van der Waals surface area contributed by atoms with E-state index in [0.29, 0.717) is 0 Å². The molecule has 0 amide bonds. The van der Waals surface area contributed by atoms with E-state index < -0.39 is 11.1 Å². The van der Waals surface area contributed by atoms with Crippen LogP contribution in [0.25, 0.3) is 0 Å². The number of rotatable bonds is 5. The first-order valence-electron chi connectivity index (χ1n) is 5.62. The highest BCUT2D eigenvalue weighted by Crippen LogP contribution is 2.21. The number of benzene rings is 1. The first-order chi connectivity index (χ1) is 7.44. The van der Waals surface area contributed by atoms with Crippen molar-refractivity contribution >= 4 is 11.1 Å².